The minimum absolute atomic E-state index is 0.116. The zero-order valence-electron chi connectivity index (χ0n) is 4.89. The molecule has 0 aliphatic rings. The lowest BCUT2D eigenvalue weighted by Gasteiger charge is -1.83. The summed E-state index contributed by atoms with van der Waals surface area (Å²) in [6.45, 7) is 2.96. The van der Waals surface area contributed by atoms with Crippen LogP contribution in [0, 0.1) is 0 Å². The van der Waals surface area contributed by atoms with Crippen LogP contribution in [-0.2, 0) is 9.59 Å². The Hall–Kier alpha value is -0.920. The second-order valence-corrected chi connectivity index (χ2v) is 1.36. The first kappa shape index (κ1) is 7.08. The summed E-state index contributed by atoms with van der Waals surface area (Å²) in [5.74, 6) is -0.234. The van der Waals surface area contributed by atoms with Crippen molar-refractivity contribution in [3.05, 3.63) is 11.6 Å². The molecule has 0 aromatic heterocycles. The molecule has 0 atom stereocenters. The summed E-state index contributed by atoms with van der Waals surface area (Å²) >= 11 is 0. The van der Waals surface area contributed by atoms with Gasteiger partial charge in [0.15, 0.2) is 5.78 Å². The Labute approximate surface area is 48.2 Å². The number of rotatable bonds is 2. The van der Waals surface area contributed by atoms with Crippen molar-refractivity contribution in [3.63, 3.8) is 0 Å². The van der Waals surface area contributed by atoms with Crippen LogP contribution < -0.4 is 0 Å². The molecule has 0 unspecified atom stereocenters. The molecule has 2 nitrogen and oxygen atoms in total. The molecule has 1 radical (unpaired) electrons. The first-order valence-corrected chi connectivity index (χ1v) is 2.27. The average molecular weight is 111 g/mol. The van der Waals surface area contributed by atoms with Crippen LogP contribution in [0.25, 0.3) is 0 Å². The maximum absolute atomic E-state index is 10.3. The molecular formula is C6H7O2. The van der Waals surface area contributed by atoms with Gasteiger partial charge < -0.3 is 0 Å². The van der Waals surface area contributed by atoms with Gasteiger partial charge in [-0.3, -0.25) is 9.59 Å². The van der Waals surface area contributed by atoms with E-state index < -0.39 is 0 Å². The van der Waals surface area contributed by atoms with Gasteiger partial charge >= 0.3 is 0 Å². The minimum atomic E-state index is -0.234. The maximum Gasteiger partial charge on any atom is 0.236 e. The van der Waals surface area contributed by atoms with Gasteiger partial charge in [-0.05, 0) is 13.8 Å². The molecule has 0 aromatic carbocycles. The van der Waals surface area contributed by atoms with Gasteiger partial charge in [-0.2, -0.15) is 0 Å². The molecule has 2 heteroatoms. The molecule has 0 spiro atoms. The van der Waals surface area contributed by atoms with E-state index >= 15 is 0 Å². The zero-order valence-corrected chi connectivity index (χ0v) is 4.89. The van der Waals surface area contributed by atoms with Crippen molar-refractivity contribution in [2.75, 3.05) is 0 Å². The molecule has 0 aromatic rings. The molecule has 0 heterocycles. The Bertz CT molecular complexity index is 133. The number of carbonyl (C=O) groups is 1. The number of hydrogen-bond acceptors (Lipinski definition) is 2. The highest BCUT2D eigenvalue weighted by Gasteiger charge is 1.98. The van der Waals surface area contributed by atoms with Crippen LogP contribution in [0.2, 0.25) is 0 Å². The lowest BCUT2D eigenvalue weighted by Crippen LogP contribution is -1.95. The maximum atomic E-state index is 10.3. The zero-order chi connectivity index (χ0) is 6.57. The SMILES string of the molecule is CC=C([C]=O)C(C)=O. The van der Waals surface area contributed by atoms with E-state index in [1.165, 1.54) is 19.3 Å². The number of Topliss-reactive ketones (excluding diaryl/α,β-unsaturated/α-hetero) is 1. The van der Waals surface area contributed by atoms with Crippen molar-refractivity contribution in [1.29, 1.82) is 0 Å². The van der Waals surface area contributed by atoms with E-state index in [2.05, 4.69) is 0 Å². The fraction of sp³-hybridized carbons (Fsp3) is 0.333. The Morgan fingerprint density at radius 3 is 2.12 bits per heavy atom. The molecule has 43 valence electrons. The molecular weight excluding hydrogens is 104 g/mol. The van der Waals surface area contributed by atoms with Gasteiger partial charge in [-0.25, -0.2) is 0 Å². The summed E-state index contributed by atoms with van der Waals surface area (Å²) in [7, 11) is 0. The van der Waals surface area contributed by atoms with Crippen molar-refractivity contribution in [3.8, 4) is 0 Å². The van der Waals surface area contributed by atoms with Crippen molar-refractivity contribution < 1.29 is 9.59 Å². The van der Waals surface area contributed by atoms with E-state index in [-0.39, 0.29) is 11.4 Å². The minimum Gasteiger partial charge on any atom is -0.294 e. The highest BCUT2D eigenvalue weighted by Crippen LogP contribution is 1.88. The summed E-state index contributed by atoms with van der Waals surface area (Å²) < 4.78 is 0. The molecule has 0 N–H and O–H groups in total. The fourth-order valence-corrected chi connectivity index (χ4v) is 0.334. The predicted octanol–water partition coefficient (Wildman–Crippen LogP) is 0.631. The van der Waals surface area contributed by atoms with E-state index in [1.807, 2.05) is 0 Å². The molecule has 0 fully saturated rings. The highest BCUT2D eigenvalue weighted by atomic mass is 16.1. The number of carbonyl (C=O) groups excluding carboxylic acids is 2. The molecule has 0 saturated heterocycles. The van der Waals surface area contributed by atoms with Gasteiger partial charge in [-0.1, -0.05) is 6.08 Å². The van der Waals surface area contributed by atoms with E-state index in [9.17, 15) is 9.59 Å². The monoisotopic (exact) mass is 111 g/mol. The summed E-state index contributed by atoms with van der Waals surface area (Å²) in [5.41, 5.74) is 0.116. The van der Waals surface area contributed by atoms with Gasteiger partial charge in [-0.15, -0.1) is 0 Å². The van der Waals surface area contributed by atoms with Crippen LogP contribution >= 0.6 is 0 Å². The summed E-state index contributed by atoms with van der Waals surface area (Å²) in [6, 6.07) is 0. The number of ketones is 1. The van der Waals surface area contributed by atoms with E-state index in [0.29, 0.717) is 0 Å². The summed E-state index contributed by atoms with van der Waals surface area (Å²) in [4.78, 5) is 20.0. The Kier molecular flexibility index (Phi) is 2.77. The van der Waals surface area contributed by atoms with Gasteiger partial charge in [0.2, 0.25) is 6.29 Å². The average Bonchev–Trinajstić information content (AvgIpc) is 1.69. The molecule has 0 aliphatic carbocycles. The third-order valence-corrected chi connectivity index (χ3v) is 0.778. The van der Waals surface area contributed by atoms with E-state index in [1.54, 1.807) is 6.92 Å². The lowest BCUT2D eigenvalue weighted by molar-refractivity contribution is -0.113. The van der Waals surface area contributed by atoms with Crippen molar-refractivity contribution >= 4 is 12.1 Å². The number of allylic oxidation sites excluding steroid dienone is 2. The third kappa shape index (κ3) is 1.69. The smallest absolute Gasteiger partial charge is 0.236 e. The normalized spacial score (nSPS) is 11.0. The van der Waals surface area contributed by atoms with Crippen molar-refractivity contribution in [2.24, 2.45) is 0 Å². The molecule has 0 bridgehead atoms. The van der Waals surface area contributed by atoms with Crippen LogP contribution in [0.3, 0.4) is 0 Å². The summed E-state index contributed by atoms with van der Waals surface area (Å²) in [6.07, 6.45) is 2.95. The van der Waals surface area contributed by atoms with Crippen LogP contribution in [0.5, 0.6) is 0 Å². The predicted molar refractivity (Wildman–Crippen MR) is 30.1 cm³/mol. The number of hydrogen-bond donors (Lipinski definition) is 0. The van der Waals surface area contributed by atoms with Gasteiger partial charge in [0, 0.05) is 0 Å². The first-order valence-electron chi connectivity index (χ1n) is 2.27. The molecule has 8 heavy (non-hydrogen) atoms. The van der Waals surface area contributed by atoms with Crippen LogP contribution in [0.4, 0.5) is 0 Å². The van der Waals surface area contributed by atoms with Gasteiger partial charge in [0.1, 0.15) is 0 Å². The van der Waals surface area contributed by atoms with E-state index in [4.69, 9.17) is 0 Å². The quantitative estimate of drug-likeness (QED) is 0.297. The van der Waals surface area contributed by atoms with Gasteiger partial charge in [0.05, 0.1) is 5.57 Å². The van der Waals surface area contributed by atoms with E-state index in [0.717, 1.165) is 0 Å². The summed E-state index contributed by atoms with van der Waals surface area (Å²) in [5, 5.41) is 0. The third-order valence-electron chi connectivity index (χ3n) is 0.778. The largest absolute Gasteiger partial charge is 0.294 e. The first-order chi connectivity index (χ1) is 3.72. The highest BCUT2D eigenvalue weighted by molar-refractivity contribution is 6.10. The van der Waals surface area contributed by atoms with Gasteiger partial charge in [0.25, 0.3) is 0 Å². The van der Waals surface area contributed by atoms with Crippen molar-refractivity contribution in [2.45, 2.75) is 13.8 Å². The Morgan fingerprint density at radius 1 is 1.62 bits per heavy atom. The standard InChI is InChI=1S/C6H7O2/c1-3-6(4-7)5(2)8/h3H,1-2H3. The Morgan fingerprint density at radius 2 is 2.12 bits per heavy atom. The van der Waals surface area contributed by atoms with Crippen LogP contribution in [-0.4, -0.2) is 12.1 Å². The molecule has 0 saturated carbocycles. The molecule has 0 rings (SSSR count). The van der Waals surface area contributed by atoms with Crippen molar-refractivity contribution in [1.82, 2.24) is 0 Å². The molecule has 0 amide bonds. The Balaban J connectivity index is 4.13. The second-order valence-electron chi connectivity index (χ2n) is 1.36. The van der Waals surface area contributed by atoms with Crippen LogP contribution in [0.1, 0.15) is 13.8 Å². The van der Waals surface area contributed by atoms with Crippen LogP contribution in [0.15, 0.2) is 11.6 Å². The fourth-order valence-electron chi connectivity index (χ4n) is 0.334. The topological polar surface area (TPSA) is 34.1 Å². The molecule has 0 aliphatic heterocycles. The second kappa shape index (κ2) is 3.13. The lowest BCUT2D eigenvalue weighted by atomic mass is 10.2.